The van der Waals surface area contributed by atoms with Crippen LogP contribution in [-0.4, -0.2) is 0 Å². The molecule has 1 aliphatic carbocycles. The third-order valence-electron chi connectivity index (χ3n) is 4.01. The third kappa shape index (κ3) is 2.29. The lowest BCUT2D eigenvalue weighted by Crippen LogP contribution is -2.02. The van der Waals surface area contributed by atoms with Crippen LogP contribution in [0.5, 0.6) is 0 Å². The van der Waals surface area contributed by atoms with Crippen LogP contribution in [0.15, 0.2) is 30.3 Å². The van der Waals surface area contributed by atoms with E-state index in [1.807, 2.05) is 0 Å². The predicted octanol–water partition coefficient (Wildman–Crippen LogP) is 4.92. The van der Waals surface area contributed by atoms with Crippen LogP contribution in [0.25, 0.3) is 10.8 Å². The van der Waals surface area contributed by atoms with Crippen molar-refractivity contribution in [2.24, 2.45) is 5.92 Å². The van der Waals surface area contributed by atoms with E-state index >= 15 is 0 Å². The molecule has 0 amide bonds. The van der Waals surface area contributed by atoms with Gasteiger partial charge >= 0.3 is 0 Å². The first-order chi connectivity index (χ1) is 8.72. The smallest absolute Gasteiger partial charge is 0.0178 e. The normalized spacial score (nSPS) is 15.1. The third-order valence-corrected chi connectivity index (χ3v) is 4.01. The van der Waals surface area contributed by atoms with Crippen molar-refractivity contribution in [1.82, 2.24) is 0 Å². The molecule has 0 nitrogen and oxygen atoms in total. The van der Waals surface area contributed by atoms with Gasteiger partial charge in [-0.05, 0) is 65.5 Å². The molecule has 0 bridgehead atoms. The van der Waals surface area contributed by atoms with Gasteiger partial charge in [-0.1, -0.05) is 44.2 Å². The van der Waals surface area contributed by atoms with E-state index < -0.39 is 0 Å². The van der Waals surface area contributed by atoms with Gasteiger partial charge in [-0.25, -0.2) is 0 Å². The largest absolute Gasteiger partial charge is 0.0625 e. The van der Waals surface area contributed by atoms with Gasteiger partial charge in [-0.15, -0.1) is 0 Å². The molecule has 0 saturated carbocycles. The Hall–Kier alpha value is -1.30. The Bertz CT molecular complexity index is 564. The standard InChI is InChI=1S/C18H22/c1-13(2)9-14-7-8-17-11-15-5-3-4-6-16(15)12-18(17)10-14/h7-8,10-13H,3-6,9H2,1-2H3. The van der Waals surface area contributed by atoms with E-state index in [1.165, 1.54) is 48.4 Å². The van der Waals surface area contributed by atoms with Crippen molar-refractivity contribution in [2.45, 2.75) is 46.0 Å². The van der Waals surface area contributed by atoms with Gasteiger partial charge in [0, 0.05) is 0 Å². The molecule has 0 aromatic heterocycles. The molecule has 0 N–H and O–H groups in total. The van der Waals surface area contributed by atoms with Crippen LogP contribution in [0.4, 0.5) is 0 Å². The van der Waals surface area contributed by atoms with Crippen molar-refractivity contribution in [3.05, 3.63) is 47.0 Å². The van der Waals surface area contributed by atoms with Gasteiger partial charge < -0.3 is 0 Å². The van der Waals surface area contributed by atoms with Crippen molar-refractivity contribution in [1.29, 1.82) is 0 Å². The molecule has 1 aliphatic rings. The lowest BCUT2D eigenvalue weighted by Gasteiger charge is -2.17. The number of rotatable bonds is 2. The summed E-state index contributed by atoms with van der Waals surface area (Å²) in [6.45, 7) is 4.58. The summed E-state index contributed by atoms with van der Waals surface area (Å²) in [5.74, 6) is 0.736. The fourth-order valence-corrected chi connectivity index (χ4v) is 3.14. The quantitative estimate of drug-likeness (QED) is 0.697. The summed E-state index contributed by atoms with van der Waals surface area (Å²) < 4.78 is 0. The second-order valence-electron chi connectivity index (χ2n) is 6.11. The molecule has 0 aliphatic heterocycles. The molecular formula is C18H22. The maximum Gasteiger partial charge on any atom is -0.0178 e. The van der Waals surface area contributed by atoms with Gasteiger partial charge in [0.1, 0.15) is 0 Å². The molecule has 2 aromatic carbocycles. The number of hydrogen-bond donors (Lipinski definition) is 0. The maximum absolute atomic E-state index is 2.44. The van der Waals surface area contributed by atoms with Crippen molar-refractivity contribution < 1.29 is 0 Å². The highest BCUT2D eigenvalue weighted by atomic mass is 14.2. The molecule has 0 spiro atoms. The van der Waals surface area contributed by atoms with Crippen molar-refractivity contribution in [2.75, 3.05) is 0 Å². The summed E-state index contributed by atoms with van der Waals surface area (Å²) in [6.07, 6.45) is 6.47. The molecule has 0 saturated heterocycles. The van der Waals surface area contributed by atoms with E-state index in [2.05, 4.69) is 44.2 Å². The van der Waals surface area contributed by atoms with E-state index in [-0.39, 0.29) is 0 Å². The molecule has 3 rings (SSSR count). The Balaban J connectivity index is 2.05. The predicted molar refractivity (Wildman–Crippen MR) is 79.1 cm³/mol. The fourth-order valence-electron chi connectivity index (χ4n) is 3.14. The zero-order valence-corrected chi connectivity index (χ0v) is 11.5. The van der Waals surface area contributed by atoms with Gasteiger partial charge in [0.25, 0.3) is 0 Å². The van der Waals surface area contributed by atoms with Crippen LogP contribution in [0.2, 0.25) is 0 Å². The number of benzene rings is 2. The lowest BCUT2D eigenvalue weighted by molar-refractivity contribution is 0.648. The van der Waals surface area contributed by atoms with Crippen LogP contribution in [0.3, 0.4) is 0 Å². The molecular weight excluding hydrogens is 216 g/mol. The summed E-state index contributed by atoms with van der Waals surface area (Å²) in [5.41, 5.74) is 4.66. The van der Waals surface area contributed by atoms with Crippen molar-refractivity contribution in [3.8, 4) is 0 Å². The Morgan fingerprint density at radius 2 is 1.56 bits per heavy atom. The zero-order chi connectivity index (χ0) is 12.5. The van der Waals surface area contributed by atoms with Gasteiger partial charge in [0.15, 0.2) is 0 Å². The summed E-state index contributed by atoms with van der Waals surface area (Å²) in [7, 11) is 0. The van der Waals surface area contributed by atoms with Crippen LogP contribution in [0, 0.1) is 5.92 Å². The van der Waals surface area contributed by atoms with Crippen molar-refractivity contribution in [3.63, 3.8) is 0 Å². The second kappa shape index (κ2) is 4.76. The Labute approximate surface area is 110 Å². The Morgan fingerprint density at radius 1 is 0.889 bits per heavy atom. The molecule has 0 fully saturated rings. The summed E-state index contributed by atoms with van der Waals surface area (Å²) >= 11 is 0. The first-order valence-corrected chi connectivity index (χ1v) is 7.27. The molecule has 2 aromatic rings. The van der Waals surface area contributed by atoms with Crippen molar-refractivity contribution >= 4 is 10.8 Å². The van der Waals surface area contributed by atoms with Crippen LogP contribution in [-0.2, 0) is 19.3 Å². The average Bonchev–Trinajstić information content (AvgIpc) is 2.35. The minimum absolute atomic E-state index is 0.736. The average molecular weight is 238 g/mol. The molecule has 94 valence electrons. The SMILES string of the molecule is CC(C)Cc1ccc2cc3c(cc2c1)CCCC3. The summed E-state index contributed by atoms with van der Waals surface area (Å²) in [6, 6.07) is 11.9. The number of aryl methyl sites for hydroxylation is 2. The first-order valence-electron chi connectivity index (χ1n) is 7.27. The van der Waals surface area contributed by atoms with Gasteiger partial charge in [-0.2, -0.15) is 0 Å². The maximum atomic E-state index is 2.44. The number of fused-ring (bicyclic) bond motifs is 2. The monoisotopic (exact) mass is 238 g/mol. The van der Waals surface area contributed by atoms with E-state index in [1.54, 1.807) is 11.1 Å². The molecule has 0 atom stereocenters. The topological polar surface area (TPSA) is 0 Å². The molecule has 0 unspecified atom stereocenters. The molecule has 18 heavy (non-hydrogen) atoms. The van der Waals surface area contributed by atoms with Gasteiger partial charge in [0.2, 0.25) is 0 Å². The highest BCUT2D eigenvalue weighted by Gasteiger charge is 2.10. The molecule has 0 radical (unpaired) electrons. The van der Waals surface area contributed by atoms with Crippen LogP contribution >= 0.6 is 0 Å². The summed E-state index contributed by atoms with van der Waals surface area (Å²) in [5, 5.41) is 2.86. The van der Waals surface area contributed by atoms with E-state index in [0.29, 0.717) is 0 Å². The van der Waals surface area contributed by atoms with Gasteiger partial charge in [-0.3, -0.25) is 0 Å². The minimum atomic E-state index is 0.736. The van der Waals surface area contributed by atoms with E-state index in [4.69, 9.17) is 0 Å². The highest BCUT2D eigenvalue weighted by Crippen LogP contribution is 2.27. The van der Waals surface area contributed by atoms with E-state index in [0.717, 1.165) is 5.92 Å². The van der Waals surface area contributed by atoms with Crippen LogP contribution in [0.1, 0.15) is 43.4 Å². The molecule has 0 heterocycles. The fraction of sp³-hybridized carbons (Fsp3) is 0.444. The Kier molecular flexibility index (Phi) is 3.11. The van der Waals surface area contributed by atoms with Gasteiger partial charge in [0.05, 0.1) is 0 Å². The first kappa shape index (κ1) is 11.8. The Morgan fingerprint density at radius 3 is 2.22 bits per heavy atom. The zero-order valence-electron chi connectivity index (χ0n) is 11.5. The highest BCUT2D eigenvalue weighted by molar-refractivity contribution is 5.85. The number of hydrogen-bond acceptors (Lipinski definition) is 0. The second-order valence-corrected chi connectivity index (χ2v) is 6.11. The van der Waals surface area contributed by atoms with E-state index in [9.17, 15) is 0 Å². The summed E-state index contributed by atoms with van der Waals surface area (Å²) in [4.78, 5) is 0. The molecule has 0 heteroatoms. The van der Waals surface area contributed by atoms with Crippen LogP contribution < -0.4 is 0 Å². The lowest BCUT2D eigenvalue weighted by atomic mass is 9.88. The minimum Gasteiger partial charge on any atom is -0.0625 e.